The third-order valence-corrected chi connectivity index (χ3v) is 6.24. The lowest BCUT2D eigenvalue weighted by atomic mass is 9.89. The van der Waals surface area contributed by atoms with Crippen LogP contribution in [0, 0.1) is 5.41 Å². The zero-order valence-electron chi connectivity index (χ0n) is 13.4. The van der Waals surface area contributed by atoms with E-state index in [2.05, 4.69) is 29.4 Å². The minimum absolute atomic E-state index is 0. The Hall–Kier alpha value is -0.370. The van der Waals surface area contributed by atoms with Gasteiger partial charge in [0.25, 0.3) is 0 Å². The van der Waals surface area contributed by atoms with E-state index < -0.39 is 9.84 Å². The second-order valence-electron chi connectivity index (χ2n) is 6.71. The summed E-state index contributed by atoms with van der Waals surface area (Å²) in [5.74, 6) is 0.222. The number of likely N-dealkylation sites (N-methyl/N-ethyl adjacent to an activating group) is 1. The first-order chi connectivity index (χ1) is 9.82. The van der Waals surface area contributed by atoms with Crippen LogP contribution in [-0.4, -0.2) is 69.5 Å². The number of halogens is 1. The van der Waals surface area contributed by atoms with Gasteiger partial charge in [0.2, 0.25) is 5.91 Å². The fraction of sp³-hybridized carbons (Fsp3) is 0.929. The molecule has 2 unspecified atom stereocenters. The highest BCUT2D eigenvalue weighted by Gasteiger charge is 2.32. The van der Waals surface area contributed by atoms with Gasteiger partial charge in [-0.1, -0.05) is 13.8 Å². The fourth-order valence-corrected chi connectivity index (χ4v) is 4.88. The molecule has 2 rings (SSSR count). The zero-order valence-corrected chi connectivity index (χ0v) is 15.1. The maximum Gasteiger partial charge on any atom is 0.234 e. The lowest BCUT2D eigenvalue weighted by Crippen LogP contribution is -2.45. The van der Waals surface area contributed by atoms with Crippen LogP contribution in [0.25, 0.3) is 0 Å². The molecule has 0 spiro atoms. The Bertz CT molecular complexity index is 478. The van der Waals surface area contributed by atoms with Crippen molar-refractivity contribution in [2.75, 3.05) is 44.2 Å². The molecule has 0 radical (unpaired) electrons. The summed E-state index contributed by atoms with van der Waals surface area (Å²) in [4.78, 5) is 14.2. The van der Waals surface area contributed by atoms with Crippen molar-refractivity contribution in [2.24, 2.45) is 5.41 Å². The van der Waals surface area contributed by atoms with Crippen LogP contribution >= 0.6 is 12.4 Å². The number of hydrogen-bond acceptors (Lipinski definition) is 5. The summed E-state index contributed by atoms with van der Waals surface area (Å²) in [6.45, 7) is 8.41. The van der Waals surface area contributed by atoms with Gasteiger partial charge in [-0.05, 0) is 31.3 Å². The summed E-state index contributed by atoms with van der Waals surface area (Å²) < 4.78 is 22.8. The monoisotopic (exact) mass is 353 g/mol. The summed E-state index contributed by atoms with van der Waals surface area (Å²) in [6.07, 6.45) is 1.67. The number of carbonyl (C=O) groups excluding carboxylic acids is 1. The van der Waals surface area contributed by atoms with Crippen molar-refractivity contribution in [1.29, 1.82) is 0 Å². The molecule has 1 amide bonds. The maximum atomic E-state index is 12.1. The molecule has 2 atom stereocenters. The van der Waals surface area contributed by atoms with Gasteiger partial charge in [0.1, 0.15) is 0 Å². The van der Waals surface area contributed by atoms with Crippen molar-refractivity contribution in [1.82, 2.24) is 15.5 Å². The van der Waals surface area contributed by atoms with Gasteiger partial charge < -0.3 is 10.6 Å². The molecule has 2 aliphatic rings. The van der Waals surface area contributed by atoms with E-state index in [4.69, 9.17) is 0 Å². The minimum atomic E-state index is -2.94. The predicted octanol–water partition coefficient (Wildman–Crippen LogP) is 0.0330. The first kappa shape index (κ1) is 19.7. The van der Waals surface area contributed by atoms with Crippen LogP contribution in [0.3, 0.4) is 0 Å². The Morgan fingerprint density at radius 1 is 1.45 bits per heavy atom. The van der Waals surface area contributed by atoms with Crippen molar-refractivity contribution in [3.05, 3.63) is 0 Å². The van der Waals surface area contributed by atoms with E-state index in [0.29, 0.717) is 13.0 Å². The van der Waals surface area contributed by atoms with E-state index in [1.54, 1.807) is 0 Å². The van der Waals surface area contributed by atoms with Crippen LogP contribution < -0.4 is 10.6 Å². The molecule has 0 aromatic heterocycles. The van der Waals surface area contributed by atoms with Crippen molar-refractivity contribution < 1.29 is 13.2 Å². The van der Waals surface area contributed by atoms with Crippen molar-refractivity contribution in [2.45, 2.75) is 32.7 Å². The van der Waals surface area contributed by atoms with Gasteiger partial charge >= 0.3 is 0 Å². The number of nitrogens with zero attached hydrogens (tertiary/aromatic N) is 1. The number of hydrogen-bond donors (Lipinski definition) is 2. The zero-order chi connectivity index (χ0) is 15.5. The van der Waals surface area contributed by atoms with E-state index in [9.17, 15) is 13.2 Å². The number of nitrogens with one attached hydrogen (secondary N) is 2. The van der Waals surface area contributed by atoms with E-state index in [0.717, 1.165) is 32.6 Å². The number of sulfone groups is 1. The number of rotatable bonds is 6. The topological polar surface area (TPSA) is 78.5 Å². The van der Waals surface area contributed by atoms with Gasteiger partial charge in [0, 0.05) is 19.1 Å². The third-order valence-electron chi connectivity index (χ3n) is 4.47. The van der Waals surface area contributed by atoms with Crippen LogP contribution in [0.4, 0.5) is 0 Å². The number of amides is 1. The van der Waals surface area contributed by atoms with Gasteiger partial charge in [-0.25, -0.2) is 8.42 Å². The molecular weight excluding hydrogens is 326 g/mol. The Morgan fingerprint density at radius 2 is 2.18 bits per heavy atom. The molecule has 0 bridgehead atoms. The first-order valence-corrected chi connectivity index (χ1v) is 9.57. The predicted molar refractivity (Wildman–Crippen MR) is 90.2 cm³/mol. The van der Waals surface area contributed by atoms with E-state index in [1.165, 1.54) is 0 Å². The Morgan fingerprint density at radius 3 is 2.68 bits per heavy atom. The number of carbonyl (C=O) groups is 1. The summed E-state index contributed by atoms with van der Waals surface area (Å²) in [7, 11) is -2.94. The molecule has 2 saturated heterocycles. The lowest BCUT2D eigenvalue weighted by Gasteiger charge is -2.31. The molecule has 8 heteroatoms. The average molecular weight is 354 g/mol. The lowest BCUT2D eigenvalue weighted by molar-refractivity contribution is -0.123. The quantitative estimate of drug-likeness (QED) is 0.704. The minimum Gasteiger partial charge on any atom is -0.351 e. The van der Waals surface area contributed by atoms with Gasteiger partial charge in [-0.15, -0.1) is 12.4 Å². The fourth-order valence-electron chi connectivity index (χ4n) is 3.21. The molecule has 0 aliphatic carbocycles. The standard InChI is InChI=1S/C14H27N3O3S.ClH/c1-3-17(11-14(2)5-6-15-10-14)8-13(18)16-12-4-7-21(19,20)9-12;/h12,15H,3-11H2,1-2H3,(H,16,18);1H. The van der Waals surface area contributed by atoms with Crippen molar-refractivity contribution in [3.8, 4) is 0 Å². The van der Waals surface area contributed by atoms with Crippen LogP contribution in [-0.2, 0) is 14.6 Å². The SMILES string of the molecule is CCN(CC(=O)NC1CCS(=O)(=O)C1)CC1(C)CCNC1.Cl. The molecule has 2 heterocycles. The molecule has 22 heavy (non-hydrogen) atoms. The smallest absolute Gasteiger partial charge is 0.234 e. The van der Waals surface area contributed by atoms with E-state index in [1.807, 2.05) is 0 Å². The molecule has 2 aliphatic heterocycles. The molecule has 0 aromatic carbocycles. The summed E-state index contributed by atoms with van der Waals surface area (Å²) in [5.41, 5.74) is 0.229. The molecule has 2 fully saturated rings. The molecule has 0 saturated carbocycles. The van der Waals surface area contributed by atoms with Gasteiger partial charge in [0.05, 0.1) is 18.1 Å². The summed E-state index contributed by atoms with van der Waals surface area (Å²) >= 11 is 0. The maximum absolute atomic E-state index is 12.1. The van der Waals surface area contributed by atoms with Crippen LogP contribution in [0.15, 0.2) is 0 Å². The van der Waals surface area contributed by atoms with Crippen molar-refractivity contribution in [3.63, 3.8) is 0 Å². The summed E-state index contributed by atoms with van der Waals surface area (Å²) in [6, 6.07) is -0.204. The molecule has 2 N–H and O–H groups in total. The average Bonchev–Trinajstić information content (AvgIpc) is 2.95. The highest BCUT2D eigenvalue weighted by atomic mass is 35.5. The highest BCUT2D eigenvalue weighted by molar-refractivity contribution is 7.91. The molecule has 0 aromatic rings. The van der Waals surface area contributed by atoms with Gasteiger partial charge in [-0.3, -0.25) is 9.69 Å². The molecule has 6 nitrogen and oxygen atoms in total. The first-order valence-electron chi connectivity index (χ1n) is 7.75. The van der Waals surface area contributed by atoms with Crippen LogP contribution in [0.1, 0.15) is 26.7 Å². The van der Waals surface area contributed by atoms with Crippen LogP contribution in [0.5, 0.6) is 0 Å². The second-order valence-corrected chi connectivity index (χ2v) is 8.94. The Balaban J connectivity index is 0.00000242. The Kier molecular flexibility index (Phi) is 7.11. The van der Waals surface area contributed by atoms with E-state index in [-0.39, 0.29) is 41.3 Å². The van der Waals surface area contributed by atoms with Gasteiger partial charge in [-0.2, -0.15) is 0 Å². The second kappa shape index (κ2) is 7.95. The third kappa shape index (κ3) is 5.68. The van der Waals surface area contributed by atoms with E-state index >= 15 is 0 Å². The van der Waals surface area contributed by atoms with Crippen LogP contribution in [0.2, 0.25) is 0 Å². The molecular formula is C14H28ClN3O3S. The normalized spacial score (nSPS) is 30.2. The molecule has 130 valence electrons. The highest BCUT2D eigenvalue weighted by Crippen LogP contribution is 2.25. The summed E-state index contributed by atoms with van der Waals surface area (Å²) in [5, 5.41) is 6.23. The van der Waals surface area contributed by atoms with Crippen molar-refractivity contribution >= 4 is 28.2 Å². The Labute approximate surface area is 139 Å². The largest absolute Gasteiger partial charge is 0.351 e. The van der Waals surface area contributed by atoms with Gasteiger partial charge in [0.15, 0.2) is 9.84 Å².